The van der Waals surface area contributed by atoms with E-state index in [1.54, 1.807) is 31.3 Å². The maximum Gasteiger partial charge on any atom is 0.263 e. The third-order valence-corrected chi connectivity index (χ3v) is 5.15. The van der Waals surface area contributed by atoms with Gasteiger partial charge in [0.1, 0.15) is 4.90 Å². The van der Waals surface area contributed by atoms with E-state index in [0.717, 1.165) is 15.6 Å². The van der Waals surface area contributed by atoms with Crippen LogP contribution in [-0.4, -0.2) is 15.5 Å². The molecular weight excluding hydrogens is 352 g/mol. The van der Waals surface area contributed by atoms with Crippen molar-refractivity contribution in [3.63, 3.8) is 0 Å². The van der Waals surface area contributed by atoms with Crippen molar-refractivity contribution >= 4 is 37.3 Å². The summed E-state index contributed by atoms with van der Waals surface area (Å²) in [4.78, 5) is 0.222. The molecule has 0 amide bonds. The van der Waals surface area contributed by atoms with Gasteiger partial charge in [-0.2, -0.15) is 0 Å². The maximum absolute atomic E-state index is 12.6. The molecule has 0 bridgehead atoms. The van der Waals surface area contributed by atoms with E-state index in [9.17, 15) is 8.42 Å². The van der Waals surface area contributed by atoms with Gasteiger partial charge >= 0.3 is 0 Å². The summed E-state index contributed by atoms with van der Waals surface area (Å²) in [5, 5.41) is 2.89. The van der Waals surface area contributed by atoms with E-state index in [-0.39, 0.29) is 4.90 Å². The summed E-state index contributed by atoms with van der Waals surface area (Å²) in [7, 11) is -1.96. The molecule has 0 fully saturated rings. The fourth-order valence-corrected chi connectivity index (χ4v) is 4.41. The fourth-order valence-electron chi connectivity index (χ4n) is 2.14. The number of halogens is 1. The van der Waals surface area contributed by atoms with Crippen LogP contribution in [-0.2, 0) is 10.0 Å². The lowest BCUT2D eigenvalue weighted by atomic mass is 10.1. The number of hydrogen-bond donors (Lipinski definition) is 2. The van der Waals surface area contributed by atoms with E-state index in [4.69, 9.17) is 0 Å². The van der Waals surface area contributed by atoms with Crippen LogP contribution in [0.5, 0.6) is 0 Å². The van der Waals surface area contributed by atoms with Gasteiger partial charge in [0.05, 0.1) is 11.4 Å². The van der Waals surface area contributed by atoms with Crippen LogP contribution in [0, 0.1) is 13.8 Å². The highest BCUT2D eigenvalue weighted by atomic mass is 79.9. The quantitative estimate of drug-likeness (QED) is 0.859. The third kappa shape index (κ3) is 3.39. The zero-order valence-electron chi connectivity index (χ0n) is 12.1. The Hall–Kier alpha value is -1.53. The number of anilines is 2. The minimum absolute atomic E-state index is 0.222. The lowest BCUT2D eigenvalue weighted by Gasteiger charge is -2.15. The van der Waals surface area contributed by atoms with E-state index >= 15 is 0 Å². The van der Waals surface area contributed by atoms with E-state index in [1.165, 1.54) is 0 Å². The molecule has 4 nitrogen and oxygen atoms in total. The first-order valence-corrected chi connectivity index (χ1v) is 8.69. The van der Waals surface area contributed by atoms with Gasteiger partial charge in [0.25, 0.3) is 10.0 Å². The molecule has 0 atom stereocenters. The molecule has 112 valence electrons. The summed E-state index contributed by atoms with van der Waals surface area (Å²) in [6, 6.07) is 10.6. The molecule has 2 rings (SSSR count). The Morgan fingerprint density at radius 3 is 2.38 bits per heavy atom. The van der Waals surface area contributed by atoms with Crippen LogP contribution in [0.3, 0.4) is 0 Å². The zero-order valence-corrected chi connectivity index (χ0v) is 14.5. The second-order valence-electron chi connectivity index (χ2n) is 4.79. The predicted molar refractivity (Wildman–Crippen MR) is 90.4 cm³/mol. The van der Waals surface area contributed by atoms with Crippen LogP contribution in [0.2, 0.25) is 0 Å². The standard InChI is InChI=1S/C15H17BrN2O2S/c1-10-8-11(2)15(12(16)9-10)18-21(19,20)14-7-5-4-6-13(14)17-3/h4-9,17-18H,1-3H3. The number of benzene rings is 2. The van der Waals surface area contributed by atoms with Crippen LogP contribution in [0.1, 0.15) is 11.1 Å². The molecule has 6 heteroatoms. The topological polar surface area (TPSA) is 58.2 Å². The second kappa shape index (κ2) is 6.07. The minimum atomic E-state index is -3.66. The van der Waals surface area contributed by atoms with Crippen LogP contribution in [0.15, 0.2) is 45.8 Å². The van der Waals surface area contributed by atoms with Gasteiger partial charge in [-0.25, -0.2) is 8.42 Å². The van der Waals surface area contributed by atoms with Crippen molar-refractivity contribution in [2.45, 2.75) is 18.7 Å². The molecule has 0 saturated carbocycles. The minimum Gasteiger partial charge on any atom is -0.387 e. The van der Waals surface area contributed by atoms with E-state index in [1.807, 2.05) is 26.0 Å². The third-order valence-electron chi connectivity index (χ3n) is 3.11. The van der Waals surface area contributed by atoms with Gasteiger partial charge in [0.15, 0.2) is 0 Å². The molecule has 2 aromatic rings. The second-order valence-corrected chi connectivity index (χ2v) is 7.30. The zero-order chi connectivity index (χ0) is 15.6. The van der Waals surface area contributed by atoms with Crippen LogP contribution in [0.4, 0.5) is 11.4 Å². The molecule has 0 unspecified atom stereocenters. The molecule has 2 aromatic carbocycles. The highest BCUT2D eigenvalue weighted by molar-refractivity contribution is 9.10. The molecule has 0 aliphatic rings. The molecule has 0 heterocycles. The summed E-state index contributed by atoms with van der Waals surface area (Å²) in [6.45, 7) is 3.84. The largest absolute Gasteiger partial charge is 0.387 e. The van der Waals surface area contributed by atoms with Crippen molar-refractivity contribution in [1.82, 2.24) is 0 Å². The average molecular weight is 369 g/mol. The Morgan fingerprint density at radius 1 is 1.10 bits per heavy atom. The summed E-state index contributed by atoms with van der Waals surface area (Å²) in [5.74, 6) is 0. The molecule has 0 aromatic heterocycles. The normalized spacial score (nSPS) is 11.2. The Labute approximate surface area is 133 Å². The molecule has 2 N–H and O–H groups in total. The van der Waals surface area contributed by atoms with E-state index < -0.39 is 10.0 Å². The Kier molecular flexibility index (Phi) is 4.58. The lowest BCUT2D eigenvalue weighted by Crippen LogP contribution is -2.16. The molecular formula is C15H17BrN2O2S. The van der Waals surface area contributed by atoms with Gasteiger partial charge in [-0.15, -0.1) is 0 Å². The van der Waals surface area contributed by atoms with Gasteiger partial charge in [0.2, 0.25) is 0 Å². The van der Waals surface area contributed by atoms with E-state index in [2.05, 4.69) is 26.0 Å². The van der Waals surface area contributed by atoms with Gasteiger partial charge in [-0.05, 0) is 59.1 Å². The Balaban J connectivity index is 2.48. The number of nitrogens with one attached hydrogen (secondary N) is 2. The van der Waals surface area contributed by atoms with E-state index in [0.29, 0.717) is 11.4 Å². The first kappa shape index (κ1) is 15.9. The summed E-state index contributed by atoms with van der Waals surface area (Å²) in [5.41, 5.74) is 3.06. The molecule has 21 heavy (non-hydrogen) atoms. The van der Waals surface area contributed by atoms with Crippen molar-refractivity contribution in [3.05, 3.63) is 52.0 Å². The van der Waals surface area contributed by atoms with Crippen molar-refractivity contribution in [2.75, 3.05) is 17.1 Å². The smallest absolute Gasteiger partial charge is 0.263 e. The van der Waals surface area contributed by atoms with Gasteiger partial charge < -0.3 is 5.32 Å². The Morgan fingerprint density at radius 2 is 1.76 bits per heavy atom. The van der Waals surface area contributed by atoms with Gasteiger partial charge in [-0.3, -0.25) is 4.72 Å². The lowest BCUT2D eigenvalue weighted by molar-refractivity contribution is 0.601. The molecule has 0 aliphatic carbocycles. The fraction of sp³-hybridized carbons (Fsp3) is 0.200. The maximum atomic E-state index is 12.6. The molecule has 0 saturated heterocycles. The predicted octanol–water partition coefficient (Wildman–Crippen LogP) is 3.91. The van der Waals surface area contributed by atoms with Crippen LogP contribution < -0.4 is 10.0 Å². The average Bonchev–Trinajstić information content (AvgIpc) is 2.43. The summed E-state index contributed by atoms with van der Waals surface area (Å²) < 4.78 is 28.6. The van der Waals surface area contributed by atoms with Crippen molar-refractivity contribution < 1.29 is 8.42 Å². The summed E-state index contributed by atoms with van der Waals surface area (Å²) in [6.07, 6.45) is 0. The monoisotopic (exact) mass is 368 g/mol. The first-order chi connectivity index (χ1) is 9.85. The molecule has 0 radical (unpaired) electrons. The highest BCUT2D eigenvalue weighted by Gasteiger charge is 2.20. The molecule has 0 spiro atoms. The number of hydrogen-bond acceptors (Lipinski definition) is 3. The van der Waals surface area contributed by atoms with Crippen LogP contribution >= 0.6 is 15.9 Å². The number of rotatable bonds is 4. The Bertz CT molecular complexity index is 750. The highest BCUT2D eigenvalue weighted by Crippen LogP contribution is 2.31. The van der Waals surface area contributed by atoms with Gasteiger partial charge in [-0.1, -0.05) is 18.2 Å². The van der Waals surface area contributed by atoms with Crippen molar-refractivity contribution in [2.24, 2.45) is 0 Å². The first-order valence-electron chi connectivity index (χ1n) is 6.41. The van der Waals surface area contributed by atoms with Gasteiger partial charge in [0, 0.05) is 11.5 Å². The van der Waals surface area contributed by atoms with Crippen molar-refractivity contribution in [3.8, 4) is 0 Å². The number of para-hydroxylation sites is 1. The number of aryl methyl sites for hydroxylation is 2. The number of sulfonamides is 1. The summed E-state index contributed by atoms with van der Waals surface area (Å²) >= 11 is 3.42. The molecule has 0 aliphatic heterocycles. The van der Waals surface area contributed by atoms with Crippen molar-refractivity contribution in [1.29, 1.82) is 0 Å². The van der Waals surface area contributed by atoms with Crippen LogP contribution in [0.25, 0.3) is 0 Å². The SMILES string of the molecule is CNc1ccccc1S(=O)(=O)Nc1c(C)cc(C)cc1Br.